The molecule has 27 heavy (non-hydrogen) atoms. The zero-order valence-electron chi connectivity index (χ0n) is 16.8. The van der Waals surface area contributed by atoms with E-state index in [1.165, 1.54) is 0 Å². The second-order valence-electron chi connectivity index (χ2n) is 6.64. The Hall–Kier alpha value is -1.99. The van der Waals surface area contributed by atoms with E-state index >= 15 is 0 Å². The first-order valence-electron chi connectivity index (χ1n) is 9.71. The maximum absolute atomic E-state index is 12.6. The Bertz CT molecular complexity index is 576. The van der Waals surface area contributed by atoms with Crippen molar-refractivity contribution in [3.05, 3.63) is 23.8 Å². The Morgan fingerprint density at radius 2 is 2.04 bits per heavy atom. The summed E-state index contributed by atoms with van der Waals surface area (Å²) in [4.78, 5) is 16.9. The van der Waals surface area contributed by atoms with Crippen molar-refractivity contribution in [3.63, 3.8) is 0 Å². The smallest absolute Gasteiger partial charge is 0.317 e. The van der Waals surface area contributed by atoms with Gasteiger partial charge in [0.15, 0.2) is 0 Å². The highest BCUT2D eigenvalue weighted by Gasteiger charge is 2.17. The molecule has 1 fully saturated rings. The molecular weight excluding hydrogens is 346 g/mol. The molecule has 1 aliphatic heterocycles. The van der Waals surface area contributed by atoms with E-state index in [1.807, 2.05) is 23.1 Å². The number of nitrogens with zero attached hydrogens (tertiary/aromatic N) is 2. The van der Waals surface area contributed by atoms with Gasteiger partial charge in [-0.15, -0.1) is 0 Å². The molecule has 1 heterocycles. The summed E-state index contributed by atoms with van der Waals surface area (Å²) in [6.07, 6.45) is 1.84. The van der Waals surface area contributed by atoms with Gasteiger partial charge in [-0.3, -0.25) is 4.90 Å². The van der Waals surface area contributed by atoms with Gasteiger partial charge in [0.05, 0.1) is 34.0 Å². The number of hydrogen-bond donors (Lipinski definition) is 1. The summed E-state index contributed by atoms with van der Waals surface area (Å²) in [5, 5.41) is 2.99. The Balaban J connectivity index is 1.99. The highest BCUT2D eigenvalue weighted by molar-refractivity contribution is 5.74. The van der Waals surface area contributed by atoms with E-state index in [1.54, 1.807) is 14.2 Å². The third-order valence-electron chi connectivity index (χ3n) is 4.67. The molecule has 0 spiro atoms. The van der Waals surface area contributed by atoms with Gasteiger partial charge < -0.3 is 24.4 Å². The second kappa shape index (κ2) is 11.7. The highest BCUT2D eigenvalue weighted by atomic mass is 16.5. The first-order chi connectivity index (χ1) is 13.2. The van der Waals surface area contributed by atoms with Gasteiger partial charge in [-0.2, -0.15) is 0 Å². The van der Waals surface area contributed by atoms with Crippen molar-refractivity contribution in [2.24, 2.45) is 0 Å². The van der Waals surface area contributed by atoms with Crippen LogP contribution in [0.15, 0.2) is 18.2 Å². The van der Waals surface area contributed by atoms with Gasteiger partial charge in [0.2, 0.25) is 0 Å². The molecule has 1 aromatic rings. The van der Waals surface area contributed by atoms with Crippen molar-refractivity contribution in [2.75, 3.05) is 60.2 Å². The average Bonchev–Trinajstić information content (AvgIpc) is 2.72. The minimum absolute atomic E-state index is 0.0308. The van der Waals surface area contributed by atoms with E-state index in [2.05, 4.69) is 17.1 Å². The third kappa shape index (κ3) is 6.92. The standard InChI is InChI=1S/C20H33N3O4/c1-4-8-21-20(24)23(10-5-9-22-11-13-27-14-12-22)16-17-6-7-18(25-2)15-19(17)26-3/h6-7,15H,4-5,8-14,16H2,1-3H3,(H,21,24). The normalized spacial score (nSPS) is 14.6. The van der Waals surface area contributed by atoms with Crippen LogP contribution in [0.2, 0.25) is 0 Å². The maximum atomic E-state index is 12.6. The van der Waals surface area contributed by atoms with Crippen molar-refractivity contribution < 1.29 is 19.0 Å². The lowest BCUT2D eigenvalue weighted by Crippen LogP contribution is -2.42. The number of amides is 2. The third-order valence-corrected chi connectivity index (χ3v) is 4.67. The van der Waals surface area contributed by atoms with Gasteiger partial charge >= 0.3 is 6.03 Å². The molecule has 0 unspecified atom stereocenters. The van der Waals surface area contributed by atoms with Gasteiger partial charge in [-0.25, -0.2) is 4.79 Å². The van der Waals surface area contributed by atoms with Crippen LogP contribution in [-0.4, -0.2) is 76.0 Å². The van der Waals surface area contributed by atoms with Crippen molar-refractivity contribution >= 4 is 6.03 Å². The van der Waals surface area contributed by atoms with Crippen LogP contribution in [0, 0.1) is 0 Å². The van der Waals surface area contributed by atoms with Crippen LogP contribution in [-0.2, 0) is 11.3 Å². The van der Waals surface area contributed by atoms with Crippen molar-refractivity contribution in [1.29, 1.82) is 0 Å². The Kier molecular flexibility index (Phi) is 9.21. The molecular formula is C20H33N3O4. The van der Waals surface area contributed by atoms with Crippen molar-refractivity contribution in [3.8, 4) is 11.5 Å². The zero-order chi connectivity index (χ0) is 19.5. The fourth-order valence-electron chi connectivity index (χ4n) is 3.09. The molecule has 0 radical (unpaired) electrons. The largest absolute Gasteiger partial charge is 0.497 e. The van der Waals surface area contributed by atoms with Gasteiger partial charge in [-0.1, -0.05) is 6.92 Å². The molecule has 2 amide bonds. The van der Waals surface area contributed by atoms with Crippen LogP contribution in [0.4, 0.5) is 4.79 Å². The number of urea groups is 1. The molecule has 0 aliphatic carbocycles. The van der Waals surface area contributed by atoms with Crippen LogP contribution < -0.4 is 14.8 Å². The second-order valence-corrected chi connectivity index (χ2v) is 6.64. The minimum atomic E-state index is -0.0308. The predicted octanol–water partition coefficient (Wildman–Crippen LogP) is 2.35. The Morgan fingerprint density at radius 3 is 2.70 bits per heavy atom. The average molecular weight is 380 g/mol. The van der Waals surface area contributed by atoms with Gasteiger partial charge in [-0.05, 0) is 25.0 Å². The lowest BCUT2D eigenvalue weighted by Gasteiger charge is -2.28. The summed E-state index contributed by atoms with van der Waals surface area (Å²) in [6, 6.07) is 5.68. The van der Waals surface area contributed by atoms with Gasteiger partial charge in [0.1, 0.15) is 11.5 Å². The number of morpholine rings is 1. The van der Waals surface area contributed by atoms with E-state index in [4.69, 9.17) is 14.2 Å². The molecule has 0 saturated carbocycles. The number of methoxy groups -OCH3 is 2. The summed E-state index contributed by atoms with van der Waals surface area (Å²) >= 11 is 0. The quantitative estimate of drug-likeness (QED) is 0.676. The SMILES string of the molecule is CCCNC(=O)N(CCCN1CCOCC1)Cc1ccc(OC)cc1OC. The van der Waals surface area contributed by atoms with Crippen LogP contribution in [0.5, 0.6) is 11.5 Å². The summed E-state index contributed by atoms with van der Waals surface area (Å²) < 4.78 is 16.1. The molecule has 7 heteroatoms. The van der Waals surface area contributed by atoms with E-state index in [9.17, 15) is 4.79 Å². The topological polar surface area (TPSA) is 63.3 Å². The highest BCUT2D eigenvalue weighted by Crippen LogP contribution is 2.25. The number of ether oxygens (including phenoxy) is 3. The molecule has 7 nitrogen and oxygen atoms in total. The number of hydrogen-bond acceptors (Lipinski definition) is 5. The summed E-state index contributed by atoms with van der Waals surface area (Å²) in [5.41, 5.74) is 0.969. The molecule has 1 aromatic carbocycles. The predicted molar refractivity (Wildman–Crippen MR) is 106 cm³/mol. The minimum Gasteiger partial charge on any atom is -0.497 e. The lowest BCUT2D eigenvalue weighted by molar-refractivity contribution is 0.0364. The Morgan fingerprint density at radius 1 is 1.26 bits per heavy atom. The molecule has 152 valence electrons. The van der Waals surface area contributed by atoms with E-state index < -0.39 is 0 Å². The van der Waals surface area contributed by atoms with E-state index in [0.717, 1.165) is 62.8 Å². The van der Waals surface area contributed by atoms with E-state index in [-0.39, 0.29) is 6.03 Å². The zero-order valence-corrected chi connectivity index (χ0v) is 16.8. The fourth-order valence-corrected chi connectivity index (χ4v) is 3.09. The summed E-state index contributed by atoms with van der Waals surface area (Å²) in [7, 11) is 3.27. The molecule has 0 atom stereocenters. The maximum Gasteiger partial charge on any atom is 0.317 e. The number of nitrogens with one attached hydrogen (secondary N) is 1. The molecule has 1 saturated heterocycles. The van der Waals surface area contributed by atoms with Crippen LogP contribution in [0.25, 0.3) is 0 Å². The number of carbonyl (C=O) groups excluding carboxylic acids is 1. The monoisotopic (exact) mass is 379 g/mol. The number of carbonyl (C=O) groups is 1. The first-order valence-corrected chi connectivity index (χ1v) is 9.71. The summed E-state index contributed by atoms with van der Waals surface area (Å²) in [5.74, 6) is 1.47. The van der Waals surface area contributed by atoms with Crippen LogP contribution >= 0.6 is 0 Å². The van der Waals surface area contributed by atoms with Crippen molar-refractivity contribution in [2.45, 2.75) is 26.3 Å². The number of benzene rings is 1. The Labute approximate surface area is 162 Å². The van der Waals surface area contributed by atoms with Crippen LogP contribution in [0.3, 0.4) is 0 Å². The first kappa shape index (κ1) is 21.3. The number of rotatable bonds is 10. The summed E-state index contributed by atoms with van der Waals surface area (Å²) in [6.45, 7) is 8.43. The molecule has 1 aliphatic rings. The van der Waals surface area contributed by atoms with Crippen molar-refractivity contribution in [1.82, 2.24) is 15.1 Å². The lowest BCUT2D eigenvalue weighted by atomic mass is 10.1. The molecule has 1 N–H and O–H groups in total. The van der Waals surface area contributed by atoms with Crippen LogP contribution in [0.1, 0.15) is 25.3 Å². The van der Waals surface area contributed by atoms with E-state index in [0.29, 0.717) is 19.6 Å². The molecule has 0 aromatic heterocycles. The molecule has 2 rings (SSSR count). The van der Waals surface area contributed by atoms with Gasteiger partial charge in [0, 0.05) is 44.4 Å². The van der Waals surface area contributed by atoms with Gasteiger partial charge in [0.25, 0.3) is 0 Å². The fraction of sp³-hybridized carbons (Fsp3) is 0.650. The molecule has 0 bridgehead atoms.